The molecule has 8 nitrogen and oxygen atoms in total. The summed E-state index contributed by atoms with van der Waals surface area (Å²) in [6, 6.07) is 21.5. The average Bonchev–Trinajstić information content (AvgIpc) is 3.36. The Kier molecular flexibility index (Phi) is 8.89. The molecular formula is C33H36N4O4. The molecule has 1 saturated carbocycles. The molecule has 0 bridgehead atoms. The maximum Gasteiger partial charge on any atom is 0.257 e. The molecule has 0 radical (unpaired) electrons. The summed E-state index contributed by atoms with van der Waals surface area (Å²) in [7, 11) is 3.48. The smallest absolute Gasteiger partial charge is 0.257 e. The van der Waals surface area contributed by atoms with Gasteiger partial charge >= 0.3 is 0 Å². The van der Waals surface area contributed by atoms with Crippen molar-refractivity contribution < 1.29 is 19.1 Å². The van der Waals surface area contributed by atoms with Gasteiger partial charge in [0.15, 0.2) is 5.78 Å². The number of methoxy groups -OCH3 is 1. The van der Waals surface area contributed by atoms with E-state index in [2.05, 4.69) is 5.32 Å². The predicted molar refractivity (Wildman–Crippen MR) is 160 cm³/mol. The van der Waals surface area contributed by atoms with E-state index in [0.717, 1.165) is 43.3 Å². The maximum atomic E-state index is 13.2. The highest BCUT2D eigenvalue weighted by Gasteiger charge is 2.25. The average molecular weight is 553 g/mol. The number of amides is 2. The number of imidazole rings is 1. The molecule has 212 valence electrons. The first-order chi connectivity index (χ1) is 20.0. The molecule has 0 aliphatic heterocycles. The molecule has 5 rings (SSSR count). The minimum absolute atomic E-state index is 0.0697. The van der Waals surface area contributed by atoms with E-state index in [1.807, 2.05) is 48.0 Å². The monoisotopic (exact) mass is 552 g/mol. The molecule has 1 aliphatic carbocycles. The Balaban J connectivity index is 1.37. The highest BCUT2D eigenvalue weighted by molar-refractivity contribution is 6.10. The number of aromatic nitrogens is 2. The van der Waals surface area contributed by atoms with Crippen molar-refractivity contribution >= 4 is 40.3 Å². The van der Waals surface area contributed by atoms with E-state index in [0.29, 0.717) is 41.3 Å². The second-order valence-corrected chi connectivity index (χ2v) is 10.6. The first-order valence-electron chi connectivity index (χ1n) is 14.2. The van der Waals surface area contributed by atoms with Gasteiger partial charge in [-0.3, -0.25) is 19.7 Å². The second-order valence-electron chi connectivity index (χ2n) is 10.6. The number of carbonyl (C=O) groups is 3. The number of carbonyl (C=O) groups excluding carboxylic acids is 3. The fraction of sp³-hybridized carbons (Fsp3) is 0.333. The molecule has 1 heterocycles. The van der Waals surface area contributed by atoms with Gasteiger partial charge in [0.2, 0.25) is 11.9 Å². The summed E-state index contributed by atoms with van der Waals surface area (Å²) in [6.07, 6.45) is 6.02. The molecular weight excluding hydrogens is 516 g/mol. The molecule has 1 fully saturated rings. The molecule has 41 heavy (non-hydrogen) atoms. The van der Waals surface area contributed by atoms with Crippen molar-refractivity contribution in [3.63, 3.8) is 0 Å². The van der Waals surface area contributed by atoms with E-state index in [1.165, 1.54) is 6.42 Å². The fourth-order valence-corrected chi connectivity index (χ4v) is 5.47. The number of fused-ring (bicyclic) bond motifs is 1. The van der Waals surface area contributed by atoms with Crippen LogP contribution in [0.1, 0.15) is 64.8 Å². The molecule has 1 N–H and O–H groups in total. The highest BCUT2D eigenvalue weighted by atomic mass is 16.5. The Labute approximate surface area is 240 Å². The number of hydrogen-bond acceptors (Lipinski definition) is 5. The van der Waals surface area contributed by atoms with Gasteiger partial charge in [-0.15, -0.1) is 0 Å². The van der Waals surface area contributed by atoms with Gasteiger partial charge in [0.25, 0.3) is 5.91 Å². The third-order valence-electron chi connectivity index (χ3n) is 7.80. The van der Waals surface area contributed by atoms with Crippen LogP contribution in [0.4, 0.5) is 11.6 Å². The van der Waals surface area contributed by atoms with Crippen LogP contribution in [0.15, 0.2) is 72.8 Å². The van der Waals surface area contributed by atoms with Gasteiger partial charge in [-0.1, -0.05) is 61.7 Å². The van der Waals surface area contributed by atoms with Gasteiger partial charge in [0, 0.05) is 55.6 Å². The van der Waals surface area contributed by atoms with Crippen LogP contribution in [0.25, 0.3) is 11.0 Å². The van der Waals surface area contributed by atoms with Crippen LogP contribution in [0, 0.1) is 5.92 Å². The van der Waals surface area contributed by atoms with Crippen molar-refractivity contribution in [2.45, 2.75) is 45.1 Å². The highest BCUT2D eigenvalue weighted by Crippen LogP contribution is 2.29. The van der Waals surface area contributed by atoms with Gasteiger partial charge in [-0.2, -0.15) is 0 Å². The predicted octanol–water partition coefficient (Wildman–Crippen LogP) is 6.10. The van der Waals surface area contributed by atoms with Crippen LogP contribution < -0.4 is 10.2 Å². The number of nitrogens with one attached hydrogen (secondary N) is 1. The molecule has 0 atom stereocenters. The largest absolute Gasteiger partial charge is 0.385 e. The normalized spacial score (nSPS) is 13.7. The molecule has 4 aromatic rings. The zero-order valence-electron chi connectivity index (χ0n) is 23.6. The Hall–Kier alpha value is -4.30. The van der Waals surface area contributed by atoms with Crippen molar-refractivity contribution in [1.82, 2.24) is 9.55 Å². The van der Waals surface area contributed by atoms with Crippen LogP contribution in [-0.2, 0) is 16.1 Å². The molecule has 0 unspecified atom stereocenters. The standard InChI is InChI=1S/C33H36N4O4/c1-36(32(40)26-12-7-4-8-13-26)27-18-19-29-28(22-27)34-33(37(29)20-9-21-41-2)35-31(39)25-16-14-24(15-17-25)30(38)23-10-5-3-6-11-23/h3,5-6,10-11,14-19,22,26H,4,7-9,12-13,20-21H2,1-2H3,(H,34,35,39). The summed E-state index contributed by atoms with van der Waals surface area (Å²) < 4.78 is 7.21. The lowest BCUT2D eigenvalue weighted by molar-refractivity contribution is -0.123. The summed E-state index contributed by atoms with van der Waals surface area (Å²) in [5, 5.41) is 2.95. The number of ketones is 1. The van der Waals surface area contributed by atoms with Crippen LogP contribution in [0.5, 0.6) is 0 Å². The van der Waals surface area contributed by atoms with E-state index in [-0.39, 0.29) is 23.5 Å². The third-order valence-corrected chi connectivity index (χ3v) is 7.80. The lowest BCUT2D eigenvalue weighted by Gasteiger charge is -2.26. The summed E-state index contributed by atoms with van der Waals surface area (Å²) in [5.41, 5.74) is 3.87. The number of ether oxygens (including phenoxy) is 1. The Morgan fingerprint density at radius 2 is 1.61 bits per heavy atom. The molecule has 1 aromatic heterocycles. The number of nitrogens with zero attached hydrogens (tertiary/aromatic N) is 3. The van der Waals surface area contributed by atoms with Crippen molar-refractivity contribution in [1.29, 1.82) is 0 Å². The van der Waals surface area contributed by atoms with E-state index >= 15 is 0 Å². The first-order valence-corrected chi connectivity index (χ1v) is 14.2. The Morgan fingerprint density at radius 1 is 0.927 bits per heavy atom. The Bertz CT molecular complexity index is 1520. The van der Waals surface area contributed by atoms with Gasteiger partial charge in [0.1, 0.15) is 0 Å². The molecule has 3 aromatic carbocycles. The van der Waals surface area contributed by atoms with Gasteiger partial charge < -0.3 is 14.2 Å². The van der Waals surface area contributed by atoms with Crippen molar-refractivity contribution in [3.05, 3.63) is 89.5 Å². The summed E-state index contributed by atoms with van der Waals surface area (Å²) >= 11 is 0. The van der Waals surface area contributed by atoms with Crippen molar-refractivity contribution in [2.24, 2.45) is 5.92 Å². The number of rotatable bonds is 10. The zero-order chi connectivity index (χ0) is 28.8. The SMILES string of the molecule is COCCCn1c(NC(=O)c2ccc(C(=O)c3ccccc3)cc2)nc2cc(N(C)C(=O)C3CCCCC3)ccc21. The van der Waals surface area contributed by atoms with E-state index in [4.69, 9.17) is 9.72 Å². The van der Waals surface area contributed by atoms with E-state index < -0.39 is 0 Å². The van der Waals surface area contributed by atoms with E-state index in [1.54, 1.807) is 48.4 Å². The van der Waals surface area contributed by atoms with Crippen LogP contribution in [-0.4, -0.2) is 47.9 Å². The van der Waals surface area contributed by atoms with Gasteiger partial charge in [-0.25, -0.2) is 4.98 Å². The lowest BCUT2D eigenvalue weighted by atomic mass is 9.88. The quantitative estimate of drug-likeness (QED) is 0.190. The van der Waals surface area contributed by atoms with Gasteiger partial charge in [0.05, 0.1) is 11.0 Å². The zero-order valence-corrected chi connectivity index (χ0v) is 23.6. The third kappa shape index (κ3) is 6.38. The summed E-state index contributed by atoms with van der Waals surface area (Å²) in [4.78, 5) is 45.6. The van der Waals surface area contributed by atoms with Crippen LogP contribution in [0.3, 0.4) is 0 Å². The first kappa shape index (κ1) is 28.2. The number of aryl methyl sites for hydroxylation is 1. The minimum atomic E-state index is -0.322. The van der Waals surface area contributed by atoms with Crippen molar-refractivity contribution in [2.75, 3.05) is 31.0 Å². The fourth-order valence-electron chi connectivity index (χ4n) is 5.47. The maximum absolute atomic E-state index is 13.2. The van der Waals surface area contributed by atoms with Crippen molar-refractivity contribution in [3.8, 4) is 0 Å². The summed E-state index contributed by atoms with van der Waals surface area (Å²) in [6.45, 7) is 1.17. The molecule has 8 heteroatoms. The van der Waals surface area contributed by atoms with E-state index in [9.17, 15) is 14.4 Å². The number of anilines is 2. The van der Waals surface area contributed by atoms with Crippen LogP contribution in [0.2, 0.25) is 0 Å². The molecule has 2 amide bonds. The van der Waals surface area contributed by atoms with Crippen LogP contribution >= 0.6 is 0 Å². The molecule has 1 aliphatic rings. The van der Waals surface area contributed by atoms with Gasteiger partial charge in [-0.05, 0) is 49.6 Å². The minimum Gasteiger partial charge on any atom is -0.385 e. The molecule has 0 saturated heterocycles. The topological polar surface area (TPSA) is 93.5 Å². The number of benzene rings is 3. The number of hydrogen-bond donors (Lipinski definition) is 1. The second kappa shape index (κ2) is 12.9. The Morgan fingerprint density at radius 3 is 2.32 bits per heavy atom. The summed E-state index contributed by atoms with van der Waals surface area (Å²) in [5.74, 6) is 0.215. The lowest BCUT2D eigenvalue weighted by Crippen LogP contribution is -2.33. The molecule has 0 spiro atoms.